The molecule has 6 rings (SSSR count). The van der Waals surface area contributed by atoms with Crippen LogP contribution in [-0.4, -0.2) is 66.4 Å². The van der Waals surface area contributed by atoms with Crippen LogP contribution in [-0.2, 0) is 9.53 Å². The van der Waals surface area contributed by atoms with Gasteiger partial charge in [0.05, 0.1) is 35.1 Å². The molecule has 4 heterocycles. The second-order valence-corrected chi connectivity index (χ2v) is 9.66. The smallest absolute Gasteiger partial charge is 0.246 e. The number of hydrogen-bond donors (Lipinski definition) is 1. The number of aryl methyl sites for hydroxylation is 1. The first-order chi connectivity index (χ1) is 18.0. The van der Waals surface area contributed by atoms with Crippen LogP contribution >= 0.6 is 0 Å². The number of benzene rings is 1. The molecule has 2 atom stereocenters. The Morgan fingerprint density at radius 3 is 2.86 bits per heavy atom. The largest absolute Gasteiger partial charge is 0.383 e. The van der Waals surface area contributed by atoms with Crippen LogP contribution in [0.25, 0.3) is 22.1 Å². The Kier molecular flexibility index (Phi) is 5.65. The van der Waals surface area contributed by atoms with Crippen molar-refractivity contribution in [3.05, 3.63) is 54.3 Å². The summed E-state index contributed by atoms with van der Waals surface area (Å²) in [5.41, 5.74) is 10.3. The van der Waals surface area contributed by atoms with E-state index in [9.17, 15) is 4.79 Å². The minimum atomic E-state index is -0.134. The van der Waals surface area contributed by atoms with E-state index in [1.54, 1.807) is 12.0 Å². The molecule has 0 spiro atoms. The van der Waals surface area contributed by atoms with Crippen molar-refractivity contribution in [1.29, 1.82) is 0 Å². The van der Waals surface area contributed by atoms with Gasteiger partial charge in [0, 0.05) is 25.3 Å². The average Bonchev–Trinajstić information content (AvgIpc) is 3.38. The molecule has 188 valence electrons. The molecule has 1 aliphatic heterocycles. The Morgan fingerprint density at radius 1 is 1.27 bits per heavy atom. The number of likely N-dealkylation sites (tertiary alicyclic amines) is 1. The van der Waals surface area contributed by atoms with Gasteiger partial charge in [0.2, 0.25) is 5.91 Å². The minimum absolute atomic E-state index is 0.0842. The second-order valence-electron chi connectivity index (χ2n) is 9.66. The van der Waals surface area contributed by atoms with Gasteiger partial charge in [-0.2, -0.15) is 5.10 Å². The van der Waals surface area contributed by atoms with Gasteiger partial charge in [0.25, 0.3) is 0 Å². The lowest BCUT2D eigenvalue weighted by molar-refractivity contribution is -0.127. The Morgan fingerprint density at radius 2 is 2.11 bits per heavy atom. The highest BCUT2D eigenvalue weighted by atomic mass is 16.5. The number of nitrogen functional groups attached to an aromatic ring is 1. The van der Waals surface area contributed by atoms with Gasteiger partial charge in [-0.25, -0.2) is 19.6 Å². The topological polar surface area (TPSA) is 117 Å². The third-order valence-electron chi connectivity index (χ3n) is 7.18. The van der Waals surface area contributed by atoms with Crippen molar-refractivity contribution in [3.63, 3.8) is 0 Å². The molecule has 2 aliphatic rings. The maximum Gasteiger partial charge on any atom is 0.246 e. The summed E-state index contributed by atoms with van der Waals surface area (Å²) in [5.74, 6) is 7.64. The number of imidazole rings is 1. The molecule has 10 nitrogen and oxygen atoms in total. The summed E-state index contributed by atoms with van der Waals surface area (Å²) in [6.45, 7) is 6.58. The molecule has 2 fully saturated rings. The van der Waals surface area contributed by atoms with Crippen molar-refractivity contribution < 1.29 is 9.53 Å². The molecule has 10 heteroatoms. The number of rotatable bonds is 5. The zero-order chi connectivity index (χ0) is 25.7. The highest BCUT2D eigenvalue weighted by Gasteiger charge is 2.37. The highest BCUT2D eigenvalue weighted by Crippen LogP contribution is 2.38. The summed E-state index contributed by atoms with van der Waals surface area (Å²) in [4.78, 5) is 27.6. The normalized spacial score (nSPS) is 19.4. The molecule has 4 aromatic rings. The van der Waals surface area contributed by atoms with Crippen molar-refractivity contribution in [2.24, 2.45) is 0 Å². The second kappa shape index (κ2) is 9.01. The van der Waals surface area contributed by atoms with Crippen molar-refractivity contribution in [3.8, 4) is 11.8 Å². The molecule has 0 bridgehead atoms. The fourth-order valence-corrected chi connectivity index (χ4v) is 5.37. The van der Waals surface area contributed by atoms with Crippen LogP contribution in [0.4, 0.5) is 5.82 Å². The van der Waals surface area contributed by atoms with E-state index in [2.05, 4.69) is 45.9 Å². The predicted octanol–water partition coefficient (Wildman–Crippen LogP) is 2.78. The number of methoxy groups -OCH3 is 1. The summed E-state index contributed by atoms with van der Waals surface area (Å²) in [6, 6.07) is 6.49. The van der Waals surface area contributed by atoms with Crippen LogP contribution in [0.15, 0.2) is 37.2 Å². The predicted molar refractivity (Wildman–Crippen MR) is 140 cm³/mol. The van der Waals surface area contributed by atoms with Gasteiger partial charge in [0.15, 0.2) is 5.65 Å². The zero-order valence-electron chi connectivity index (χ0n) is 20.9. The molecule has 1 saturated heterocycles. The lowest BCUT2D eigenvalue weighted by Crippen LogP contribution is -2.37. The van der Waals surface area contributed by atoms with E-state index < -0.39 is 0 Å². The number of nitrogens with two attached hydrogens (primary N) is 1. The minimum Gasteiger partial charge on any atom is -0.383 e. The van der Waals surface area contributed by atoms with Gasteiger partial charge >= 0.3 is 0 Å². The molecule has 0 radical (unpaired) electrons. The lowest BCUT2D eigenvalue weighted by Gasteiger charge is -2.22. The quantitative estimate of drug-likeness (QED) is 0.333. The number of fused-ring (bicyclic) bond motifs is 2. The van der Waals surface area contributed by atoms with Gasteiger partial charge < -0.3 is 19.9 Å². The number of aromatic nitrogens is 6. The third kappa shape index (κ3) is 4.01. The van der Waals surface area contributed by atoms with E-state index in [-0.39, 0.29) is 18.0 Å². The molecular weight excluding hydrogens is 468 g/mol. The third-order valence-corrected chi connectivity index (χ3v) is 7.18. The maximum absolute atomic E-state index is 12.5. The maximum atomic E-state index is 12.5. The summed E-state index contributed by atoms with van der Waals surface area (Å²) < 4.78 is 9.50. The first-order valence-corrected chi connectivity index (χ1v) is 12.4. The fourth-order valence-electron chi connectivity index (χ4n) is 5.37. The van der Waals surface area contributed by atoms with E-state index in [1.807, 2.05) is 16.8 Å². The molecule has 1 amide bonds. The van der Waals surface area contributed by atoms with Gasteiger partial charge in [-0.05, 0) is 56.4 Å². The molecule has 3 aromatic heterocycles. The van der Waals surface area contributed by atoms with Crippen molar-refractivity contribution in [1.82, 2.24) is 34.2 Å². The van der Waals surface area contributed by atoms with Crippen molar-refractivity contribution >= 4 is 33.8 Å². The Balaban J connectivity index is 1.37. The zero-order valence-corrected chi connectivity index (χ0v) is 20.9. The van der Waals surface area contributed by atoms with Crippen LogP contribution in [0, 0.1) is 18.8 Å². The first kappa shape index (κ1) is 23.2. The van der Waals surface area contributed by atoms with Crippen LogP contribution in [0.2, 0.25) is 0 Å². The number of nitrogens with zero attached hydrogens (tertiary/aromatic N) is 7. The van der Waals surface area contributed by atoms with Crippen LogP contribution in [0.5, 0.6) is 0 Å². The molecule has 1 saturated carbocycles. The molecular formula is C27H28N8O2. The van der Waals surface area contributed by atoms with E-state index in [1.165, 1.54) is 25.2 Å². The van der Waals surface area contributed by atoms with Gasteiger partial charge in [-0.15, -0.1) is 0 Å². The monoisotopic (exact) mass is 496 g/mol. The summed E-state index contributed by atoms with van der Waals surface area (Å²) in [5, 5.41) is 5.42. The molecule has 37 heavy (non-hydrogen) atoms. The number of ether oxygens (including phenoxy) is 1. The first-order valence-electron chi connectivity index (χ1n) is 12.4. The van der Waals surface area contributed by atoms with Crippen molar-refractivity contribution in [2.45, 2.75) is 44.3 Å². The van der Waals surface area contributed by atoms with Crippen LogP contribution < -0.4 is 5.73 Å². The SMILES string of the molecule is C=CC(=O)N1CC(n2nc(C#Cc3ccc4c(c3)nc(C)n4C3CC3)c3c(N)ncnc32)C[C@@H]1COC. The Labute approximate surface area is 214 Å². The lowest BCUT2D eigenvalue weighted by atomic mass is 10.2. The van der Waals surface area contributed by atoms with Crippen LogP contribution in [0.3, 0.4) is 0 Å². The number of carbonyl (C=O) groups is 1. The summed E-state index contributed by atoms with van der Waals surface area (Å²) in [6.07, 6.45) is 5.84. The fraction of sp³-hybridized carbons (Fsp3) is 0.370. The number of hydrogen-bond acceptors (Lipinski definition) is 7. The summed E-state index contributed by atoms with van der Waals surface area (Å²) in [7, 11) is 1.63. The van der Waals surface area contributed by atoms with E-state index >= 15 is 0 Å². The molecule has 1 unspecified atom stereocenters. The van der Waals surface area contributed by atoms with E-state index in [0.717, 1.165) is 22.4 Å². The van der Waals surface area contributed by atoms with Gasteiger partial charge in [0.1, 0.15) is 23.7 Å². The standard InChI is InChI=1S/C27H28N8O2/c1-4-24(36)33-13-19(12-20(33)14-37-3)35-27-25(26(28)29-15-30-27)21(32-35)9-5-17-6-10-23-22(11-17)31-16(2)34(23)18-7-8-18/h4,6,10-11,15,18-20H,1,7-8,12-14H2,2-3H3,(H2,28,29,30)/t19?,20-/m1/s1. The van der Waals surface area contributed by atoms with Crippen LogP contribution in [0.1, 0.15) is 48.4 Å². The van der Waals surface area contributed by atoms with E-state index in [0.29, 0.717) is 48.2 Å². The number of amides is 1. The molecule has 1 aliphatic carbocycles. The van der Waals surface area contributed by atoms with Crippen molar-refractivity contribution in [2.75, 3.05) is 26.0 Å². The summed E-state index contributed by atoms with van der Waals surface area (Å²) >= 11 is 0. The van der Waals surface area contributed by atoms with Gasteiger partial charge in [-0.3, -0.25) is 4.79 Å². The highest BCUT2D eigenvalue weighted by molar-refractivity contribution is 5.91. The molecule has 1 aromatic carbocycles. The van der Waals surface area contributed by atoms with E-state index in [4.69, 9.17) is 20.6 Å². The Hall–Kier alpha value is -4.23. The molecule has 2 N–H and O–H groups in total. The van der Waals surface area contributed by atoms with Gasteiger partial charge in [-0.1, -0.05) is 12.5 Å². The Bertz CT molecular complexity index is 1600. The number of anilines is 1. The number of carbonyl (C=O) groups excluding carboxylic acids is 1. The average molecular weight is 497 g/mol.